The first-order valence-electron chi connectivity index (χ1n) is 6.03. The lowest BCUT2D eigenvalue weighted by atomic mass is 10.3. The molecule has 2 aliphatic heterocycles. The number of rotatable bonds is 3. The summed E-state index contributed by atoms with van der Waals surface area (Å²) in [7, 11) is 0. The molecule has 0 aliphatic carbocycles. The Morgan fingerprint density at radius 2 is 2.00 bits per heavy atom. The van der Waals surface area contributed by atoms with Crippen molar-refractivity contribution in [3.63, 3.8) is 0 Å². The monoisotopic (exact) mass is 312 g/mol. The Morgan fingerprint density at radius 3 is 2.58 bits per heavy atom. The molecule has 0 bridgehead atoms. The molecule has 0 saturated carbocycles. The van der Waals surface area contributed by atoms with Gasteiger partial charge in [0.15, 0.2) is 0 Å². The van der Waals surface area contributed by atoms with Crippen LogP contribution in [0, 0.1) is 0 Å². The number of thiocarbonyl (C=S) groups is 1. The van der Waals surface area contributed by atoms with E-state index in [0.717, 1.165) is 16.5 Å². The van der Waals surface area contributed by atoms with Crippen LogP contribution in [0.2, 0.25) is 0 Å². The molecule has 0 spiro atoms. The van der Waals surface area contributed by atoms with Crippen LogP contribution >= 0.6 is 35.7 Å². The van der Waals surface area contributed by atoms with Crippen LogP contribution < -0.4 is 0 Å². The summed E-state index contributed by atoms with van der Waals surface area (Å²) in [6.45, 7) is 11.3. The van der Waals surface area contributed by atoms with Crippen molar-refractivity contribution in [3.8, 4) is 0 Å². The van der Waals surface area contributed by atoms with Crippen LogP contribution in [0.4, 0.5) is 0 Å². The van der Waals surface area contributed by atoms with Gasteiger partial charge < -0.3 is 4.90 Å². The number of thioether (sulfide) groups is 2. The fourth-order valence-electron chi connectivity index (χ4n) is 1.98. The van der Waals surface area contributed by atoms with Gasteiger partial charge in [0.1, 0.15) is 9.23 Å². The summed E-state index contributed by atoms with van der Waals surface area (Å²) in [5.74, 6) is -0.00153. The van der Waals surface area contributed by atoms with Gasteiger partial charge in [0, 0.05) is 23.7 Å². The highest BCUT2D eigenvalue weighted by atomic mass is 32.2. The van der Waals surface area contributed by atoms with Crippen LogP contribution in [-0.4, -0.2) is 33.1 Å². The Labute approximate surface area is 127 Å². The third-order valence-corrected chi connectivity index (χ3v) is 5.87. The molecule has 0 unspecified atom stereocenters. The standard InChI is InChI=1S/C13H16N2OS3/c1-5-7-15-11(16)10(19-13(15)17)12-14(6-2)8(3)9(4)18-12/h5H,1,6-7H2,2-4H3. The SMILES string of the molecule is C=CCN1C(=O)C(=C2SC(C)=C(C)N2CC)SC1=S. The number of carbonyl (C=O) groups excluding carboxylic acids is 1. The Hall–Kier alpha value is -0.720. The van der Waals surface area contributed by atoms with Crippen LogP contribution in [0.3, 0.4) is 0 Å². The molecule has 0 N–H and O–H groups in total. The van der Waals surface area contributed by atoms with E-state index < -0.39 is 0 Å². The van der Waals surface area contributed by atoms with Gasteiger partial charge in [0.2, 0.25) is 0 Å². The van der Waals surface area contributed by atoms with Crippen molar-refractivity contribution < 1.29 is 4.79 Å². The maximum Gasteiger partial charge on any atom is 0.269 e. The second kappa shape index (κ2) is 5.73. The van der Waals surface area contributed by atoms with Crippen molar-refractivity contribution >= 4 is 46.0 Å². The molecule has 2 aliphatic rings. The Morgan fingerprint density at radius 1 is 1.32 bits per heavy atom. The van der Waals surface area contributed by atoms with Crippen molar-refractivity contribution in [2.75, 3.05) is 13.1 Å². The van der Waals surface area contributed by atoms with Crippen molar-refractivity contribution in [1.82, 2.24) is 9.80 Å². The molecule has 0 aromatic heterocycles. The van der Waals surface area contributed by atoms with Crippen LogP contribution in [0.25, 0.3) is 0 Å². The van der Waals surface area contributed by atoms with Crippen LogP contribution in [0.1, 0.15) is 20.8 Å². The van der Waals surface area contributed by atoms with E-state index in [9.17, 15) is 4.79 Å². The van der Waals surface area contributed by atoms with Gasteiger partial charge in [-0.05, 0) is 20.8 Å². The molecule has 6 heteroatoms. The van der Waals surface area contributed by atoms with E-state index in [1.165, 1.54) is 22.4 Å². The third kappa shape index (κ3) is 2.49. The first-order valence-corrected chi connectivity index (χ1v) is 8.07. The second-order valence-electron chi connectivity index (χ2n) is 4.19. The van der Waals surface area contributed by atoms with E-state index in [1.54, 1.807) is 22.7 Å². The maximum atomic E-state index is 12.4. The first-order chi connectivity index (χ1) is 9.01. The minimum atomic E-state index is -0.00153. The van der Waals surface area contributed by atoms with Gasteiger partial charge in [-0.2, -0.15) is 0 Å². The van der Waals surface area contributed by atoms with Gasteiger partial charge in [-0.3, -0.25) is 9.69 Å². The average molecular weight is 312 g/mol. The molecule has 0 atom stereocenters. The smallest absolute Gasteiger partial charge is 0.269 e. The average Bonchev–Trinajstić information content (AvgIpc) is 2.81. The first kappa shape index (κ1) is 14.7. The quantitative estimate of drug-likeness (QED) is 0.451. The summed E-state index contributed by atoms with van der Waals surface area (Å²) in [6, 6.07) is 0. The van der Waals surface area contributed by atoms with Gasteiger partial charge in [-0.1, -0.05) is 41.8 Å². The molecular weight excluding hydrogens is 296 g/mol. The number of nitrogens with zero attached hydrogens (tertiary/aromatic N) is 2. The molecule has 19 heavy (non-hydrogen) atoms. The molecule has 1 fully saturated rings. The Bertz CT molecular complexity index is 522. The van der Waals surface area contributed by atoms with Crippen LogP contribution in [-0.2, 0) is 4.79 Å². The molecule has 102 valence electrons. The summed E-state index contributed by atoms with van der Waals surface area (Å²) in [6.07, 6.45) is 1.70. The second-order valence-corrected chi connectivity index (χ2v) is 7.04. The topological polar surface area (TPSA) is 23.6 Å². The van der Waals surface area contributed by atoms with Crippen LogP contribution in [0.15, 0.2) is 33.2 Å². The van der Waals surface area contributed by atoms with Crippen molar-refractivity contribution in [2.45, 2.75) is 20.8 Å². The predicted molar refractivity (Wildman–Crippen MR) is 87.5 cm³/mol. The molecule has 2 rings (SSSR count). The van der Waals surface area contributed by atoms with Gasteiger partial charge in [-0.15, -0.1) is 6.58 Å². The number of hydrogen-bond acceptors (Lipinski definition) is 5. The molecule has 0 radical (unpaired) electrons. The maximum absolute atomic E-state index is 12.4. The lowest BCUT2D eigenvalue weighted by molar-refractivity contribution is -0.121. The van der Waals surface area contributed by atoms with Gasteiger partial charge >= 0.3 is 0 Å². The largest absolute Gasteiger partial charge is 0.338 e. The summed E-state index contributed by atoms with van der Waals surface area (Å²) in [4.78, 5) is 18.2. The van der Waals surface area contributed by atoms with Gasteiger partial charge in [0.05, 0.1) is 5.03 Å². The predicted octanol–water partition coefficient (Wildman–Crippen LogP) is 3.52. The summed E-state index contributed by atoms with van der Waals surface area (Å²) in [5, 5.41) is 1.02. The van der Waals surface area contributed by atoms with Crippen molar-refractivity contribution in [2.24, 2.45) is 0 Å². The van der Waals surface area contributed by atoms with Crippen molar-refractivity contribution in [1.29, 1.82) is 0 Å². The van der Waals surface area contributed by atoms with Crippen LogP contribution in [0.5, 0.6) is 0 Å². The van der Waals surface area contributed by atoms with Crippen molar-refractivity contribution in [3.05, 3.63) is 33.2 Å². The fraction of sp³-hybridized carbons (Fsp3) is 0.385. The molecule has 0 aromatic carbocycles. The Balaban J connectivity index is 2.37. The summed E-state index contributed by atoms with van der Waals surface area (Å²) in [5.41, 5.74) is 1.22. The minimum absolute atomic E-state index is 0.00153. The summed E-state index contributed by atoms with van der Waals surface area (Å²) >= 11 is 8.33. The zero-order valence-corrected chi connectivity index (χ0v) is 13.7. The van der Waals surface area contributed by atoms with E-state index in [0.29, 0.717) is 10.9 Å². The zero-order chi connectivity index (χ0) is 14.2. The number of carbonyl (C=O) groups is 1. The molecule has 1 amide bonds. The molecule has 3 nitrogen and oxygen atoms in total. The van der Waals surface area contributed by atoms with E-state index in [-0.39, 0.29) is 5.91 Å². The number of amides is 1. The zero-order valence-electron chi connectivity index (χ0n) is 11.2. The highest BCUT2D eigenvalue weighted by Gasteiger charge is 2.37. The highest BCUT2D eigenvalue weighted by Crippen LogP contribution is 2.47. The van der Waals surface area contributed by atoms with Gasteiger partial charge in [0.25, 0.3) is 5.91 Å². The normalized spacial score (nSPS) is 23.9. The van der Waals surface area contributed by atoms with E-state index >= 15 is 0 Å². The van der Waals surface area contributed by atoms with Gasteiger partial charge in [-0.25, -0.2) is 0 Å². The highest BCUT2D eigenvalue weighted by molar-refractivity contribution is 8.27. The van der Waals surface area contributed by atoms with E-state index in [1.807, 2.05) is 0 Å². The molecular formula is C13H16N2OS3. The van der Waals surface area contributed by atoms with E-state index in [4.69, 9.17) is 12.2 Å². The fourth-order valence-corrected chi connectivity index (χ4v) is 4.58. The third-order valence-electron chi connectivity index (χ3n) is 3.08. The molecule has 0 aromatic rings. The molecule has 1 saturated heterocycles. The molecule has 2 heterocycles. The summed E-state index contributed by atoms with van der Waals surface area (Å²) < 4.78 is 0.617. The number of hydrogen-bond donors (Lipinski definition) is 0. The Kier molecular flexibility index (Phi) is 4.43. The lowest BCUT2D eigenvalue weighted by Gasteiger charge is -2.20. The number of allylic oxidation sites excluding steroid dienone is 2. The minimum Gasteiger partial charge on any atom is -0.338 e. The lowest BCUT2D eigenvalue weighted by Crippen LogP contribution is -2.28. The van der Waals surface area contributed by atoms with E-state index in [2.05, 4.69) is 32.3 Å².